The average molecular weight is 264 g/mol. The third kappa shape index (κ3) is 3.05. The Hall–Kier alpha value is -1.48. The lowest BCUT2D eigenvalue weighted by Crippen LogP contribution is -2.02. The highest BCUT2D eigenvalue weighted by Gasteiger charge is 2.03. The number of hydrogen-bond donors (Lipinski definition) is 1. The van der Waals surface area contributed by atoms with Crippen molar-refractivity contribution in [2.75, 3.05) is 5.32 Å². The van der Waals surface area contributed by atoms with Crippen LogP contribution in [0.2, 0.25) is 5.02 Å². The third-order valence-electron chi connectivity index (χ3n) is 2.87. The van der Waals surface area contributed by atoms with E-state index in [-0.39, 0.29) is 0 Å². The predicted molar refractivity (Wildman–Crippen MR) is 76.1 cm³/mol. The average Bonchev–Trinajstić information content (AvgIpc) is 2.79. The first-order chi connectivity index (χ1) is 8.56. The van der Waals surface area contributed by atoms with Gasteiger partial charge in [0.25, 0.3) is 0 Å². The molecule has 1 aromatic carbocycles. The van der Waals surface area contributed by atoms with E-state index in [0.717, 1.165) is 17.3 Å². The first-order valence-corrected chi connectivity index (χ1v) is 6.47. The number of nitrogens with one attached hydrogen (secondary N) is 1. The number of halogens is 1. The van der Waals surface area contributed by atoms with Crippen LogP contribution >= 0.6 is 11.6 Å². The van der Waals surface area contributed by atoms with Crippen molar-refractivity contribution in [3.05, 3.63) is 46.7 Å². The van der Waals surface area contributed by atoms with Crippen LogP contribution in [0.5, 0.6) is 0 Å². The van der Waals surface area contributed by atoms with Crippen LogP contribution in [-0.2, 0) is 6.54 Å². The van der Waals surface area contributed by atoms with Crippen LogP contribution in [0.4, 0.5) is 5.69 Å². The predicted octanol–water partition coefficient (Wildman–Crippen LogP) is 4.04. The zero-order valence-electron chi connectivity index (χ0n) is 10.9. The standard InChI is InChI=1S/C14H18ClN3/c1-10(2)18-9-12(8-17-18)7-16-14-6-13(15)5-4-11(14)3/h4-6,8-10,16H,7H2,1-3H3. The highest BCUT2D eigenvalue weighted by atomic mass is 35.5. The summed E-state index contributed by atoms with van der Waals surface area (Å²) in [6, 6.07) is 6.26. The van der Waals surface area contributed by atoms with E-state index < -0.39 is 0 Å². The molecule has 0 atom stereocenters. The maximum Gasteiger partial charge on any atom is 0.0539 e. The lowest BCUT2D eigenvalue weighted by atomic mass is 10.2. The minimum atomic E-state index is 0.395. The fraction of sp³-hybridized carbons (Fsp3) is 0.357. The van der Waals surface area contributed by atoms with Gasteiger partial charge >= 0.3 is 0 Å². The van der Waals surface area contributed by atoms with Crippen molar-refractivity contribution in [2.45, 2.75) is 33.4 Å². The minimum absolute atomic E-state index is 0.395. The molecule has 0 aliphatic heterocycles. The van der Waals surface area contributed by atoms with Crippen LogP contribution in [0.15, 0.2) is 30.6 Å². The summed E-state index contributed by atoms with van der Waals surface area (Å²) in [6.07, 6.45) is 3.96. The monoisotopic (exact) mass is 263 g/mol. The number of rotatable bonds is 4. The van der Waals surface area contributed by atoms with Gasteiger partial charge in [0.05, 0.1) is 6.20 Å². The molecule has 2 rings (SSSR count). The van der Waals surface area contributed by atoms with Gasteiger partial charge in [-0.1, -0.05) is 17.7 Å². The quantitative estimate of drug-likeness (QED) is 0.902. The fourth-order valence-electron chi connectivity index (χ4n) is 1.73. The zero-order valence-corrected chi connectivity index (χ0v) is 11.7. The van der Waals surface area contributed by atoms with Crippen LogP contribution in [0, 0.1) is 6.92 Å². The number of benzene rings is 1. The Balaban J connectivity index is 2.04. The van der Waals surface area contributed by atoms with E-state index in [2.05, 4.69) is 37.4 Å². The Labute approximate surface area is 113 Å². The molecule has 0 aliphatic rings. The molecule has 0 bridgehead atoms. The number of hydrogen-bond acceptors (Lipinski definition) is 2. The van der Waals surface area contributed by atoms with Gasteiger partial charge in [-0.15, -0.1) is 0 Å². The molecule has 96 valence electrons. The molecule has 18 heavy (non-hydrogen) atoms. The van der Waals surface area contributed by atoms with Gasteiger partial charge in [-0.05, 0) is 38.5 Å². The highest BCUT2D eigenvalue weighted by molar-refractivity contribution is 6.30. The molecule has 0 spiro atoms. The Morgan fingerprint density at radius 1 is 1.39 bits per heavy atom. The third-order valence-corrected chi connectivity index (χ3v) is 3.10. The van der Waals surface area contributed by atoms with Gasteiger partial charge in [0.15, 0.2) is 0 Å². The van der Waals surface area contributed by atoms with Crippen molar-refractivity contribution in [2.24, 2.45) is 0 Å². The van der Waals surface area contributed by atoms with E-state index in [1.54, 1.807) is 0 Å². The van der Waals surface area contributed by atoms with Crippen LogP contribution in [0.25, 0.3) is 0 Å². The highest BCUT2D eigenvalue weighted by Crippen LogP contribution is 2.20. The summed E-state index contributed by atoms with van der Waals surface area (Å²) in [5, 5.41) is 8.45. The second-order valence-corrected chi connectivity index (χ2v) is 5.17. The molecule has 0 amide bonds. The second kappa shape index (κ2) is 5.44. The Bertz CT molecular complexity index is 532. The summed E-state index contributed by atoms with van der Waals surface area (Å²) in [7, 11) is 0. The van der Waals surface area contributed by atoms with Gasteiger partial charge in [-0.3, -0.25) is 4.68 Å². The zero-order chi connectivity index (χ0) is 13.1. The normalized spacial score (nSPS) is 10.9. The van der Waals surface area contributed by atoms with E-state index in [1.165, 1.54) is 11.1 Å². The van der Waals surface area contributed by atoms with E-state index in [9.17, 15) is 0 Å². The number of aryl methyl sites for hydroxylation is 1. The van der Waals surface area contributed by atoms with Crippen LogP contribution < -0.4 is 5.32 Å². The molecule has 0 fully saturated rings. The van der Waals surface area contributed by atoms with E-state index in [1.807, 2.05) is 29.1 Å². The van der Waals surface area contributed by atoms with E-state index in [0.29, 0.717) is 6.04 Å². The maximum absolute atomic E-state index is 5.99. The largest absolute Gasteiger partial charge is 0.381 e. The van der Waals surface area contributed by atoms with E-state index >= 15 is 0 Å². The second-order valence-electron chi connectivity index (χ2n) is 4.74. The number of aromatic nitrogens is 2. The molecule has 1 aromatic heterocycles. The molecule has 0 saturated heterocycles. The fourth-order valence-corrected chi connectivity index (χ4v) is 1.91. The molecule has 1 heterocycles. The molecule has 0 unspecified atom stereocenters. The topological polar surface area (TPSA) is 29.9 Å². The SMILES string of the molecule is Cc1ccc(Cl)cc1NCc1cnn(C(C)C)c1. The summed E-state index contributed by atoms with van der Waals surface area (Å²) >= 11 is 5.99. The molecule has 2 aromatic rings. The molecule has 3 nitrogen and oxygen atoms in total. The summed E-state index contributed by atoms with van der Waals surface area (Å²) in [4.78, 5) is 0. The van der Waals surface area contributed by atoms with Gasteiger partial charge in [0.1, 0.15) is 0 Å². The summed E-state index contributed by atoms with van der Waals surface area (Å²) < 4.78 is 1.96. The van der Waals surface area contributed by atoms with Crippen molar-refractivity contribution in [1.82, 2.24) is 9.78 Å². The summed E-state index contributed by atoms with van der Waals surface area (Å²) in [6.45, 7) is 7.06. The maximum atomic E-state index is 5.99. The van der Waals surface area contributed by atoms with E-state index in [4.69, 9.17) is 11.6 Å². The lowest BCUT2D eigenvalue weighted by Gasteiger charge is -2.09. The Morgan fingerprint density at radius 2 is 2.17 bits per heavy atom. The van der Waals surface area contributed by atoms with Gasteiger partial charge in [-0.2, -0.15) is 5.10 Å². The summed E-state index contributed by atoms with van der Waals surface area (Å²) in [5.74, 6) is 0. The lowest BCUT2D eigenvalue weighted by molar-refractivity contribution is 0.532. The van der Waals surface area contributed by atoms with Gasteiger partial charge < -0.3 is 5.32 Å². The van der Waals surface area contributed by atoms with Crippen LogP contribution in [-0.4, -0.2) is 9.78 Å². The minimum Gasteiger partial charge on any atom is -0.381 e. The van der Waals surface area contributed by atoms with Gasteiger partial charge in [0.2, 0.25) is 0 Å². The molecule has 1 N–H and O–H groups in total. The van der Waals surface area contributed by atoms with Crippen molar-refractivity contribution in [1.29, 1.82) is 0 Å². The first-order valence-electron chi connectivity index (χ1n) is 6.09. The summed E-state index contributed by atoms with van der Waals surface area (Å²) in [5.41, 5.74) is 3.43. The first kappa shape index (κ1) is 13.0. The molecular weight excluding hydrogens is 246 g/mol. The van der Waals surface area contributed by atoms with Crippen molar-refractivity contribution < 1.29 is 0 Å². The molecular formula is C14H18ClN3. The van der Waals surface area contributed by atoms with Gasteiger partial charge in [-0.25, -0.2) is 0 Å². The molecule has 0 radical (unpaired) electrons. The Kier molecular flexibility index (Phi) is 3.92. The molecule has 4 heteroatoms. The van der Waals surface area contributed by atoms with Gasteiger partial charge in [0, 0.05) is 35.1 Å². The van der Waals surface area contributed by atoms with Crippen molar-refractivity contribution in [3.8, 4) is 0 Å². The van der Waals surface area contributed by atoms with Crippen LogP contribution in [0.3, 0.4) is 0 Å². The number of anilines is 1. The Morgan fingerprint density at radius 3 is 2.83 bits per heavy atom. The van der Waals surface area contributed by atoms with Crippen molar-refractivity contribution in [3.63, 3.8) is 0 Å². The number of nitrogens with zero attached hydrogens (tertiary/aromatic N) is 2. The van der Waals surface area contributed by atoms with Crippen LogP contribution in [0.1, 0.15) is 31.0 Å². The van der Waals surface area contributed by atoms with Crippen molar-refractivity contribution >= 4 is 17.3 Å². The smallest absolute Gasteiger partial charge is 0.0539 e. The molecule has 0 aliphatic carbocycles. The molecule has 0 saturated carbocycles.